The second-order valence-corrected chi connectivity index (χ2v) is 6.74. The molecule has 2 aromatic carbocycles. The minimum atomic E-state index is 0.399. The van der Waals surface area contributed by atoms with Gasteiger partial charge in [0.05, 0.1) is 0 Å². The largest absolute Gasteiger partial charge is 0.306 e. The molecular formula is C21H28N2. The number of hydrogen-bond acceptors (Lipinski definition) is 2. The molecule has 0 aromatic heterocycles. The molecule has 4 atom stereocenters. The SMILES string of the molecule is C[C@@H](N[C@@H]1CCC[C@H]1N[C@H](C)c1ccccc1)c1ccccc1. The van der Waals surface area contributed by atoms with Crippen LogP contribution < -0.4 is 10.6 Å². The fourth-order valence-corrected chi connectivity index (χ4v) is 3.68. The Morgan fingerprint density at radius 2 is 1.09 bits per heavy atom. The Hall–Kier alpha value is -1.64. The summed E-state index contributed by atoms with van der Waals surface area (Å²) in [5, 5.41) is 7.68. The van der Waals surface area contributed by atoms with Gasteiger partial charge in [0.25, 0.3) is 0 Å². The third kappa shape index (κ3) is 4.21. The van der Waals surface area contributed by atoms with Gasteiger partial charge in [0, 0.05) is 24.2 Å². The zero-order valence-electron chi connectivity index (χ0n) is 14.2. The van der Waals surface area contributed by atoms with Crippen molar-refractivity contribution < 1.29 is 0 Å². The average molecular weight is 308 g/mol. The van der Waals surface area contributed by atoms with E-state index >= 15 is 0 Å². The van der Waals surface area contributed by atoms with Gasteiger partial charge in [0.1, 0.15) is 0 Å². The summed E-state index contributed by atoms with van der Waals surface area (Å²) < 4.78 is 0. The molecule has 0 unspecified atom stereocenters. The molecule has 0 saturated heterocycles. The monoisotopic (exact) mass is 308 g/mol. The number of rotatable bonds is 6. The van der Waals surface area contributed by atoms with E-state index in [9.17, 15) is 0 Å². The molecule has 1 saturated carbocycles. The summed E-state index contributed by atoms with van der Waals surface area (Å²) in [6.45, 7) is 4.54. The van der Waals surface area contributed by atoms with Crippen molar-refractivity contribution in [2.45, 2.75) is 57.3 Å². The predicted octanol–water partition coefficient (Wildman–Crippen LogP) is 4.61. The summed E-state index contributed by atoms with van der Waals surface area (Å²) in [7, 11) is 0. The van der Waals surface area contributed by atoms with E-state index in [-0.39, 0.29) is 0 Å². The van der Waals surface area contributed by atoms with E-state index < -0.39 is 0 Å². The molecule has 0 bridgehead atoms. The van der Waals surface area contributed by atoms with E-state index in [2.05, 4.69) is 85.1 Å². The lowest BCUT2D eigenvalue weighted by Crippen LogP contribution is -2.45. The van der Waals surface area contributed by atoms with E-state index in [1.165, 1.54) is 30.4 Å². The quantitative estimate of drug-likeness (QED) is 0.814. The Kier molecular flexibility index (Phi) is 5.47. The first-order chi connectivity index (χ1) is 11.2. The van der Waals surface area contributed by atoms with Crippen LogP contribution in [0.2, 0.25) is 0 Å². The van der Waals surface area contributed by atoms with Crippen molar-refractivity contribution in [2.24, 2.45) is 0 Å². The number of benzene rings is 2. The molecule has 2 N–H and O–H groups in total. The van der Waals surface area contributed by atoms with Gasteiger partial charge in [-0.2, -0.15) is 0 Å². The van der Waals surface area contributed by atoms with Gasteiger partial charge in [-0.15, -0.1) is 0 Å². The molecule has 0 heterocycles. The molecule has 0 amide bonds. The van der Waals surface area contributed by atoms with Gasteiger partial charge in [0.15, 0.2) is 0 Å². The van der Waals surface area contributed by atoms with Gasteiger partial charge in [-0.25, -0.2) is 0 Å². The molecule has 1 aliphatic rings. The Labute approximate surface area is 140 Å². The molecule has 3 rings (SSSR count). The highest BCUT2D eigenvalue weighted by atomic mass is 15.1. The zero-order valence-corrected chi connectivity index (χ0v) is 14.2. The van der Waals surface area contributed by atoms with Crippen LogP contribution in [0.5, 0.6) is 0 Å². The van der Waals surface area contributed by atoms with Gasteiger partial charge in [-0.3, -0.25) is 0 Å². The van der Waals surface area contributed by atoms with E-state index in [0.29, 0.717) is 24.2 Å². The highest BCUT2D eigenvalue weighted by Crippen LogP contribution is 2.25. The van der Waals surface area contributed by atoms with Crippen molar-refractivity contribution in [3.8, 4) is 0 Å². The molecule has 2 nitrogen and oxygen atoms in total. The van der Waals surface area contributed by atoms with Crippen molar-refractivity contribution >= 4 is 0 Å². The summed E-state index contributed by atoms with van der Waals surface area (Å²) in [5.41, 5.74) is 2.74. The maximum atomic E-state index is 3.84. The van der Waals surface area contributed by atoms with Gasteiger partial charge >= 0.3 is 0 Å². The fraction of sp³-hybridized carbons (Fsp3) is 0.429. The summed E-state index contributed by atoms with van der Waals surface area (Å²) in [6, 6.07) is 23.4. The Balaban J connectivity index is 1.59. The summed E-state index contributed by atoms with van der Waals surface area (Å²) >= 11 is 0. The van der Waals surface area contributed by atoms with Gasteiger partial charge in [-0.05, 0) is 37.8 Å². The Bertz CT molecular complexity index is 528. The maximum Gasteiger partial charge on any atom is 0.0295 e. The smallest absolute Gasteiger partial charge is 0.0295 e. The fourth-order valence-electron chi connectivity index (χ4n) is 3.68. The van der Waals surface area contributed by atoms with Crippen LogP contribution in [0.3, 0.4) is 0 Å². The van der Waals surface area contributed by atoms with E-state index in [0.717, 1.165) is 0 Å². The lowest BCUT2D eigenvalue weighted by Gasteiger charge is -2.29. The zero-order chi connectivity index (χ0) is 16.1. The number of hydrogen-bond donors (Lipinski definition) is 2. The first-order valence-corrected chi connectivity index (χ1v) is 8.86. The molecule has 2 aromatic rings. The molecule has 23 heavy (non-hydrogen) atoms. The molecule has 0 radical (unpaired) electrons. The second-order valence-electron chi connectivity index (χ2n) is 6.74. The highest BCUT2D eigenvalue weighted by molar-refractivity contribution is 5.20. The second kappa shape index (κ2) is 7.76. The minimum Gasteiger partial charge on any atom is -0.306 e. The molecular weight excluding hydrogens is 280 g/mol. The van der Waals surface area contributed by atoms with Gasteiger partial charge in [0.2, 0.25) is 0 Å². The van der Waals surface area contributed by atoms with Gasteiger partial charge < -0.3 is 10.6 Å². The minimum absolute atomic E-state index is 0.399. The third-order valence-corrected chi connectivity index (χ3v) is 5.04. The summed E-state index contributed by atoms with van der Waals surface area (Å²) in [6.07, 6.45) is 3.82. The molecule has 1 aliphatic carbocycles. The van der Waals surface area contributed by atoms with E-state index in [4.69, 9.17) is 0 Å². The van der Waals surface area contributed by atoms with Crippen molar-refractivity contribution in [3.63, 3.8) is 0 Å². The Morgan fingerprint density at radius 3 is 1.48 bits per heavy atom. The average Bonchev–Trinajstić information content (AvgIpc) is 3.03. The standard InChI is InChI=1S/C21H28N2/c1-16(18-10-5-3-6-11-18)22-20-14-9-15-21(20)23-17(2)19-12-7-4-8-13-19/h3-8,10-13,16-17,20-23H,9,14-15H2,1-2H3/t16-,17-,20-,21-/m1/s1. The molecule has 0 spiro atoms. The third-order valence-electron chi connectivity index (χ3n) is 5.04. The molecule has 0 aliphatic heterocycles. The van der Waals surface area contributed by atoms with Crippen LogP contribution in [0.1, 0.15) is 56.3 Å². The number of nitrogens with one attached hydrogen (secondary N) is 2. The van der Waals surface area contributed by atoms with Crippen LogP contribution in [0, 0.1) is 0 Å². The molecule has 122 valence electrons. The maximum absolute atomic E-state index is 3.84. The van der Waals surface area contributed by atoms with Crippen LogP contribution in [0.15, 0.2) is 60.7 Å². The first-order valence-electron chi connectivity index (χ1n) is 8.86. The van der Waals surface area contributed by atoms with E-state index in [1.54, 1.807) is 0 Å². The van der Waals surface area contributed by atoms with E-state index in [1.807, 2.05) is 0 Å². The topological polar surface area (TPSA) is 24.1 Å². The normalized spacial score (nSPS) is 23.6. The highest BCUT2D eigenvalue weighted by Gasteiger charge is 2.29. The van der Waals surface area contributed by atoms with Crippen molar-refractivity contribution in [1.82, 2.24) is 10.6 Å². The summed E-state index contributed by atoms with van der Waals surface area (Å²) in [4.78, 5) is 0. The summed E-state index contributed by atoms with van der Waals surface area (Å²) in [5.74, 6) is 0. The lowest BCUT2D eigenvalue weighted by atomic mass is 10.0. The first kappa shape index (κ1) is 16.2. The predicted molar refractivity (Wildman–Crippen MR) is 97.4 cm³/mol. The van der Waals surface area contributed by atoms with Crippen molar-refractivity contribution in [1.29, 1.82) is 0 Å². The lowest BCUT2D eigenvalue weighted by molar-refractivity contribution is 0.356. The van der Waals surface area contributed by atoms with Crippen LogP contribution in [0.25, 0.3) is 0 Å². The molecule has 2 heteroatoms. The van der Waals surface area contributed by atoms with Crippen molar-refractivity contribution in [2.75, 3.05) is 0 Å². The van der Waals surface area contributed by atoms with Crippen LogP contribution in [-0.4, -0.2) is 12.1 Å². The van der Waals surface area contributed by atoms with Crippen LogP contribution in [0.4, 0.5) is 0 Å². The Morgan fingerprint density at radius 1 is 0.696 bits per heavy atom. The van der Waals surface area contributed by atoms with Gasteiger partial charge in [-0.1, -0.05) is 67.1 Å². The van der Waals surface area contributed by atoms with Crippen molar-refractivity contribution in [3.05, 3.63) is 71.8 Å². The van der Waals surface area contributed by atoms with Crippen LogP contribution in [-0.2, 0) is 0 Å². The van der Waals surface area contributed by atoms with Crippen LogP contribution >= 0.6 is 0 Å². The molecule has 1 fully saturated rings.